The fourth-order valence-corrected chi connectivity index (χ4v) is 0. The van der Waals surface area contributed by atoms with Crippen LogP contribution >= 0.6 is 0 Å². The summed E-state index contributed by atoms with van der Waals surface area (Å²) >= 11 is 0. The molecule has 0 aromatic rings. The Kier molecular flexibility index (Phi) is 1.32. The predicted octanol–water partition coefficient (Wildman–Crippen LogP) is -2.15. The Morgan fingerprint density at radius 1 is 1.50 bits per heavy atom. The van der Waals surface area contributed by atoms with Crippen molar-refractivity contribution < 1.29 is 10.2 Å². The normalized spacial score (nSPS) is 7.50. The highest BCUT2D eigenvalue weighted by molar-refractivity contribution is 4.86. The fraction of sp³-hybridized carbons (Fsp3) is 0.333. The molecule has 0 amide bonds. The van der Waals surface area contributed by atoms with Crippen molar-refractivity contribution in [2.75, 3.05) is 0 Å². The summed E-state index contributed by atoms with van der Waals surface area (Å²) in [6.07, 6.45) is 0. The van der Waals surface area contributed by atoms with Crippen molar-refractivity contribution in [2.24, 2.45) is 5.73 Å². The Bertz CT molecular complexity index is 58.9. The van der Waals surface area contributed by atoms with Crippen molar-refractivity contribution >= 4 is 0 Å². The highest BCUT2D eigenvalue weighted by Crippen LogP contribution is 1.72. The van der Waals surface area contributed by atoms with E-state index in [2.05, 4.69) is 5.73 Å². The SMILES string of the molecule is CC(N)=C([O-])[O-]. The van der Waals surface area contributed by atoms with Gasteiger partial charge in [-0.2, -0.15) is 5.95 Å². The van der Waals surface area contributed by atoms with Crippen molar-refractivity contribution in [1.29, 1.82) is 0 Å². The van der Waals surface area contributed by atoms with E-state index in [0.717, 1.165) is 0 Å². The van der Waals surface area contributed by atoms with Gasteiger partial charge in [0.25, 0.3) is 0 Å². The van der Waals surface area contributed by atoms with Crippen molar-refractivity contribution in [3.63, 3.8) is 0 Å². The maximum Gasteiger partial charge on any atom is -0.0189 e. The molecule has 0 saturated carbocycles. The maximum absolute atomic E-state index is 9.43. The van der Waals surface area contributed by atoms with E-state index in [1.807, 2.05) is 0 Å². The summed E-state index contributed by atoms with van der Waals surface area (Å²) < 4.78 is 0. The van der Waals surface area contributed by atoms with Crippen LogP contribution in [-0.2, 0) is 0 Å². The summed E-state index contributed by atoms with van der Waals surface area (Å²) in [6.45, 7) is 1.27. The van der Waals surface area contributed by atoms with Gasteiger partial charge in [-0.25, -0.2) is 0 Å². The first-order chi connectivity index (χ1) is 2.64. The quantitative estimate of drug-likeness (QED) is 0.342. The second kappa shape index (κ2) is 1.55. The molecule has 0 spiro atoms. The largest absolute Gasteiger partial charge is 0.883 e. The van der Waals surface area contributed by atoms with E-state index < -0.39 is 5.95 Å². The molecule has 0 rings (SSSR count). The lowest BCUT2D eigenvalue weighted by Gasteiger charge is -2.17. The highest BCUT2D eigenvalue weighted by Gasteiger charge is 1.60. The molecule has 0 heterocycles. The molecule has 0 aliphatic carbocycles. The van der Waals surface area contributed by atoms with Crippen LogP contribution in [0.1, 0.15) is 6.92 Å². The van der Waals surface area contributed by atoms with E-state index in [-0.39, 0.29) is 5.70 Å². The molecule has 0 fully saturated rings. The lowest BCUT2D eigenvalue weighted by Crippen LogP contribution is -2.22. The molecule has 0 aromatic carbocycles. The average Bonchev–Trinajstić information content (AvgIpc) is 1.36. The Labute approximate surface area is 35.7 Å². The van der Waals surface area contributed by atoms with Gasteiger partial charge in [-0.3, -0.25) is 0 Å². The molecule has 3 heteroatoms. The summed E-state index contributed by atoms with van der Waals surface area (Å²) in [6, 6.07) is 0. The average molecular weight is 87.1 g/mol. The van der Waals surface area contributed by atoms with Gasteiger partial charge >= 0.3 is 0 Å². The molecular formula is C3H5NO2-2. The van der Waals surface area contributed by atoms with Crippen LogP contribution in [0.25, 0.3) is 0 Å². The first kappa shape index (κ1) is 5.14. The summed E-state index contributed by atoms with van der Waals surface area (Å²) in [5.41, 5.74) is 4.50. The Balaban J connectivity index is 3.68. The molecule has 0 aliphatic heterocycles. The van der Waals surface area contributed by atoms with Crippen LogP contribution in [0, 0.1) is 0 Å². The third-order valence-electron chi connectivity index (χ3n) is 0.322. The molecule has 2 N–H and O–H groups in total. The molecule has 0 atom stereocenters. The predicted molar refractivity (Wildman–Crippen MR) is 16.9 cm³/mol. The summed E-state index contributed by atoms with van der Waals surface area (Å²) in [7, 11) is 0. The standard InChI is InChI=1S/C3H7NO2/c1-2(4)3(5)6/h5-6H,4H2,1H3/p-2. The minimum absolute atomic E-state index is 0.185. The van der Waals surface area contributed by atoms with E-state index >= 15 is 0 Å². The van der Waals surface area contributed by atoms with Gasteiger partial charge in [0, 0.05) is 0 Å². The minimum Gasteiger partial charge on any atom is -0.883 e. The lowest BCUT2D eigenvalue weighted by atomic mass is 10.6. The van der Waals surface area contributed by atoms with Gasteiger partial charge < -0.3 is 15.9 Å². The molecule has 0 bridgehead atoms. The highest BCUT2D eigenvalue weighted by atomic mass is 16.5. The van der Waals surface area contributed by atoms with Crippen molar-refractivity contribution in [2.45, 2.75) is 6.92 Å². The van der Waals surface area contributed by atoms with E-state index in [9.17, 15) is 10.2 Å². The first-order valence-electron chi connectivity index (χ1n) is 1.45. The Morgan fingerprint density at radius 2 is 1.67 bits per heavy atom. The van der Waals surface area contributed by atoms with Gasteiger partial charge in [0.1, 0.15) is 0 Å². The molecule has 0 saturated heterocycles. The third kappa shape index (κ3) is 1.46. The van der Waals surface area contributed by atoms with Gasteiger partial charge in [-0.15, -0.1) is 0 Å². The lowest BCUT2D eigenvalue weighted by molar-refractivity contribution is -0.515. The molecule has 0 aromatic heterocycles. The molecule has 0 aliphatic rings. The zero-order valence-electron chi connectivity index (χ0n) is 3.39. The topological polar surface area (TPSA) is 72.1 Å². The first-order valence-corrected chi connectivity index (χ1v) is 1.45. The number of nitrogens with two attached hydrogens (primary N) is 1. The van der Waals surface area contributed by atoms with Crippen LogP contribution in [0.15, 0.2) is 11.6 Å². The second-order valence-electron chi connectivity index (χ2n) is 0.970. The van der Waals surface area contributed by atoms with Crippen molar-refractivity contribution in [1.82, 2.24) is 0 Å². The van der Waals surface area contributed by atoms with Gasteiger partial charge in [0.15, 0.2) is 0 Å². The number of hydrogen-bond donors (Lipinski definition) is 1. The Morgan fingerprint density at radius 3 is 1.67 bits per heavy atom. The molecule has 0 radical (unpaired) electrons. The van der Waals surface area contributed by atoms with E-state index in [4.69, 9.17) is 0 Å². The van der Waals surface area contributed by atoms with Crippen LogP contribution in [-0.4, -0.2) is 0 Å². The zero-order chi connectivity index (χ0) is 5.15. The summed E-state index contributed by atoms with van der Waals surface area (Å²) in [4.78, 5) is 0. The van der Waals surface area contributed by atoms with E-state index in [0.29, 0.717) is 0 Å². The number of allylic oxidation sites excluding steroid dienone is 1. The number of rotatable bonds is 0. The van der Waals surface area contributed by atoms with Crippen molar-refractivity contribution in [3.05, 3.63) is 11.6 Å². The molecule has 36 valence electrons. The summed E-state index contributed by atoms with van der Waals surface area (Å²) in [5.74, 6) is -1.30. The van der Waals surface area contributed by atoms with E-state index in [1.54, 1.807) is 0 Å². The summed E-state index contributed by atoms with van der Waals surface area (Å²) in [5, 5.41) is 18.9. The van der Waals surface area contributed by atoms with Crippen LogP contribution in [0.3, 0.4) is 0 Å². The van der Waals surface area contributed by atoms with E-state index in [1.165, 1.54) is 6.92 Å². The fourth-order valence-electron chi connectivity index (χ4n) is 0. The van der Waals surface area contributed by atoms with Crippen molar-refractivity contribution in [3.8, 4) is 0 Å². The smallest absolute Gasteiger partial charge is 0.0189 e. The van der Waals surface area contributed by atoms with Gasteiger partial charge in [0.05, 0.1) is 0 Å². The van der Waals surface area contributed by atoms with Gasteiger partial charge in [-0.1, -0.05) is 0 Å². The minimum atomic E-state index is -1.30. The van der Waals surface area contributed by atoms with Gasteiger partial charge in [-0.05, 0) is 12.6 Å². The second-order valence-corrected chi connectivity index (χ2v) is 0.970. The molecule has 6 heavy (non-hydrogen) atoms. The van der Waals surface area contributed by atoms with Crippen LogP contribution in [0.4, 0.5) is 0 Å². The molecular weight excluding hydrogens is 82.0 g/mol. The molecule has 0 unspecified atom stereocenters. The molecule has 3 nitrogen and oxygen atoms in total. The van der Waals surface area contributed by atoms with Gasteiger partial charge in [0.2, 0.25) is 0 Å². The maximum atomic E-state index is 9.43. The third-order valence-corrected chi connectivity index (χ3v) is 0.322. The Hall–Kier alpha value is -0.860. The zero-order valence-corrected chi connectivity index (χ0v) is 3.39. The van der Waals surface area contributed by atoms with Crippen LogP contribution < -0.4 is 15.9 Å². The van der Waals surface area contributed by atoms with Crippen LogP contribution in [0.5, 0.6) is 0 Å². The number of hydrogen-bond acceptors (Lipinski definition) is 3. The monoisotopic (exact) mass is 87.0 g/mol. The van der Waals surface area contributed by atoms with Crippen LogP contribution in [0.2, 0.25) is 0 Å².